The Morgan fingerprint density at radius 1 is 1.39 bits per heavy atom. The van der Waals surface area contributed by atoms with Gasteiger partial charge in [0, 0.05) is 32.1 Å². The summed E-state index contributed by atoms with van der Waals surface area (Å²) in [5.74, 6) is 1.06. The van der Waals surface area contributed by atoms with E-state index in [0.717, 1.165) is 25.4 Å². The second-order valence-electron chi connectivity index (χ2n) is 6.38. The molecule has 3 N–H and O–H groups in total. The maximum atomic E-state index is 4.39. The lowest BCUT2D eigenvalue weighted by atomic mass is 10.00. The summed E-state index contributed by atoms with van der Waals surface area (Å²) in [6.07, 6.45) is 8.77. The lowest BCUT2D eigenvalue weighted by molar-refractivity contribution is 0.372. The van der Waals surface area contributed by atoms with Gasteiger partial charge in [0.1, 0.15) is 0 Å². The van der Waals surface area contributed by atoms with Crippen molar-refractivity contribution in [3.63, 3.8) is 0 Å². The maximum absolute atomic E-state index is 4.39. The van der Waals surface area contributed by atoms with Crippen molar-refractivity contribution in [2.24, 2.45) is 11.3 Å². The molecule has 1 aliphatic heterocycles. The van der Waals surface area contributed by atoms with Crippen molar-refractivity contribution in [3.8, 4) is 0 Å². The predicted octanol–water partition coefficient (Wildman–Crippen LogP) is 1.20. The zero-order valence-electron chi connectivity index (χ0n) is 10.8. The highest BCUT2D eigenvalue weighted by Gasteiger charge is 2.53. The van der Waals surface area contributed by atoms with Crippen LogP contribution in [0.3, 0.4) is 0 Å². The van der Waals surface area contributed by atoms with E-state index >= 15 is 0 Å². The third-order valence-electron chi connectivity index (χ3n) is 5.02. The number of H-pyrrole nitrogens is 1. The molecule has 0 saturated heterocycles. The summed E-state index contributed by atoms with van der Waals surface area (Å²) in [6.45, 7) is 3.26. The molecule has 2 heterocycles. The van der Waals surface area contributed by atoms with Crippen molar-refractivity contribution in [1.82, 2.24) is 20.6 Å². The average Bonchev–Trinajstić information content (AvgIpc) is 3.27. The first kappa shape index (κ1) is 11.0. The third kappa shape index (κ3) is 1.97. The Balaban J connectivity index is 1.26. The molecule has 0 spiro atoms. The molecule has 0 aromatic carbocycles. The minimum absolute atomic E-state index is 0.552. The van der Waals surface area contributed by atoms with Gasteiger partial charge in [0.15, 0.2) is 0 Å². The highest BCUT2D eigenvalue weighted by Crippen LogP contribution is 2.60. The van der Waals surface area contributed by atoms with Crippen molar-refractivity contribution < 1.29 is 0 Å². The Kier molecular flexibility index (Phi) is 2.49. The summed E-state index contributed by atoms with van der Waals surface area (Å²) in [7, 11) is 0. The number of aromatic amines is 1. The van der Waals surface area contributed by atoms with E-state index in [2.05, 4.69) is 20.6 Å². The zero-order valence-corrected chi connectivity index (χ0v) is 10.8. The fourth-order valence-corrected chi connectivity index (χ4v) is 3.46. The van der Waals surface area contributed by atoms with Crippen LogP contribution in [0.4, 0.5) is 0 Å². The van der Waals surface area contributed by atoms with E-state index in [-0.39, 0.29) is 0 Å². The van der Waals surface area contributed by atoms with Crippen LogP contribution in [0.2, 0.25) is 0 Å². The molecule has 1 unspecified atom stereocenters. The molecule has 4 rings (SSSR count). The Morgan fingerprint density at radius 2 is 2.28 bits per heavy atom. The van der Waals surface area contributed by atoms with Crippen molar-refractivity contribution >= 4 is 0 Å². The first-order chi connectivity index (χ1) is 8.86. The minimum Gasteiger partial charge on any atom is -0.347 e. The van der Waals surface area contributed by atoms with E-state index in [1.54, 1.807) is 0 Å². The van der Waals surface area contributed by atoms with Gasteiger partial charge >= 0.3 is 0 Å². The molecular weight excluding hydrogens is 224 g/mol. The molecule has 1 aromatic heterocycles. The van der Waals surface area contributed by atoms with Crippen LogP contribution in [0.25, 0.3) is 0 Å². The van der Waals surface area contributed by atoms with E-state index in [4.69, 9.17) is 0 Å². The van der Waals surface area contributed by atoms with Crippen molar-refractivity contribution in [3.05, 3.63) is 17.7 Å². The van der Waals surface area contributed by atoms with Crippen LogP contribution < -0.4 is 10.6 Å². The van der Waals surface area contributed by atoms with Crippen LogP contribution in [0, 0.1) is 11.3 Å². The number of hydrogen-bond donors (Lipinski definition) is 3. The summed E-state index contributed by atoms with van der Waals surface area (Å²) in [6, 6.07) is 0.552. The number of rotatable bonds is 5. The third-order valence-corrected chi connectivity index (χ3v) is 5.02. The van der Waals surface area contributed by atoms with Gasteiger partial charge in [0.05, 0.1) is 17.7 Å². The van der Waals surface area contributed by atoms with Gasteiger partial charge < -0.3 is 15.6 Å². The van der Waals surface area contributed by atoms with Crippen LogP contribution in [0.15, 0.2) is 6.33 Å². The number of nitrogens with one attached hydrogen (secondary N) is 3. The van der Waals surface area contributed by atoms with Crippen molar-refractivity contribution in [2.45, 2.75) is 44.7 Å². The number of hydrogen-bond acceptors (Lipinski definition) is 3. The fraction of sp³-hybridized carbons (Fsp3) is 0.786. The molecule has 1 atom stereocenters. The first-order valence-corrected chi connectivity index (χ1v) is 7.31. The van der Waals surface area contributed by atoms with E-state index < -0.39 is 0 Å². The summed E-state index contributed by atoms with van der Waals surface area (Å²) in [4.78, 5) is 7.59. The topological polar surface area (TPSA) is 52.7 Å². The molecule has 2 saturated carbocycles. The molecule has 2 aliphatic carbocycles. The van der Waals surface area contributed by atoms with Crippen LogP contribution in [-0.4, -0.2) is 29.1 Å². The standard InChI is InChI=1S/C14H22N4/c1-2-10(1)14(3-4-14)8-15-6-11-5-12-13(7-16-11)18-9-17-12/h9-11,15-16H,1-8H2,(H,17,18). The number of imidazole rings is 1. The molecule has 0 amide bonds. The Morgan fingerprint density at radius 3 is 3.06 bits per heavy atom. The van der Waals surface area contributed by atoms with E-state index in [1.165, 1.54) is 43.6 Å². The number of fused-ring (bicyclic) bond motifs is 1. The van der Waals surface area contributed by atoms with Gasteiger partial charge in [0.2, 0.25) is 0 Å². The van der Waals surface area contributed by atoms with Gasteiger partial charge in [-0.3, -0.25) is 0 Å². The number of aromatic nitrogens is 2. The molecule has 1 aromatic rings. The van der Waals surface area contributed by atoms with Crippen LogP contribution >= 0.6 is 0 Å². The Bertz CT molecular complexity index is 431. The largest absolute Gasteiger partial charge is 0.347 e. The fourth-order valence-electron chi connectivity index (χ4n) is 3.46. The highest BCUT2D eigenvalue weighted by molar-refractivity contribution is 5.16. The molecule has 0 radical (unpaired) electrons. The second kappa shape index (κ2) is 4.07. The average molecular weight is 246 g/mol. The van der Waals surface area contributed by atoms with Crippen LogP contribution in [0.1, 0.15) is 37.1 Å². The minimum atomic E-state index is 0.552. The molecule has 2 fully saturated rings. The molecule has 4 heteroatoms. The van der Waals surface area contributed by atoms with Crippen LogP contribution in [0.5, 0.6) is 0 Å². The number of nitrogens with zero attached hydrogens (tertiary/aromatic N) is 1. The van der Waals surface area contributed by atoms with Gasteiger partial charge in [-0.15, -0.1) is 0 Å². The van der Waals surface area contributed by atoms with Crippen molar-refractivity contribution in [1.29, 1.82) is 0 Å². The lowest BCUT2D eigenvalue weighted by Gasteiger charge is -2.24. The quantitative estimate of drug-likeness (QED) is 0.732. The molecule has 98 valence electrons. The molecule has 0 bridgehead atoms. The van der Waals surface area contributed by atoms with Crippen molar-refractivity contribution in [2.75, 3.05) is 13.1 Å². The Labute approximate surface area is 108 Å². The SMILES string of the molecule is c1nc2c([nH]1)CNC(CNCC1(C3CC3)CC1)C2. The smallest absolute Gasteiger partial charge is 0.0925 e. The summed E-state index contributed by atoms with van der Waals surface area (Å²) in [5.41, 5.74) is 3.23. The summed E-state index contributed by atoms with van der Waals surface area (Å²) in [5, 5.41) is 7.28. The van der Waals surface area contributed by atoms with E-state index in [9.17, 15) is 0 Å². The maximum Gasteiger partial charge on any atom is 0.0925 e. The zero-order chi connectivity index (χ0) is 12.0. The van der Waals surface area contributed by atoms with Gasteiger partial charge in [-0.2, -0.15) is 0 Å². The van der Waals surface area contributed by atoms with Gasteiger partial charge in [-0.1, -0.05) is 0 Å². The lowest BCUT2D eigenvalue weighted by Crippen LogP contribution is -2.44. The van der Waals surface area contributed by atoms with E-state index in [0.29, 0.717) is 11.5 Å². The molecular formula is C14H22N4. The molecule has 3 aliphatic rings. The summed E-state index contributed by atoms with van der Waals surface area (Å²) >= 11 is 0. The van der Waals surface area contributed by atoms with E-state index in [1.807, 2.05) is 6.33 Å². The highest BCUT2D eigenvalue weighted by atomic mass is 15.0. The van der Waals surface area contributed by atoms with Gasteiger partial charge in [0.25, 0.3) is 0 Å². The second-order valence-corrected chi connectivity index (χ2v) is 6.38. The monoisotopic (exact) mass is 246 g/mol. The predicted molar refractivity (Wildman–Crippen MR) is 70.2 cm³/mol. The van der Waals surface area contributed by atoms with Crippen LogP contribution in [-0.2, 0) is 13.0 Å². The first-order valence-electron chi connectivity index (χ1n) is 7.31. The van der Waals surface area contributed by atoms with Gasteiger partial charge in [-0.25, -0.2) is 4.98 Å². The normalized spacial score (nSPS) is 29.0. The molecule has 18 heavy (non-hydrogen) atoms. The molecule has 4 nitrogen and oxygen atoms in total. The summed E-state index contributed by atoms with van der Waals surface area (Å²) < 4.78 is 0. The Hall–Kier alpha value is -0.870. The van der Waals surface area contributed by atoms with Gasteiger partial charge in [-0.05, 0) is 37.0 Å².